The molecule has 0 aliphatic heterocycles. The maximum absolute atomic E-state index is 6.29. The molecular weight excluding hydrogens is 184 g/mol. The molecule has 2 N–H and O–H groups in total. The van der Waals surface area contributed by atoms with Crippen LogP contribution in [0.1, 0.15) is 43.4 Å². The summed E-state index contributed by atoms with van der Waals surface area (Å²) in [7, 11) is 0. The first-order chi connectivity index (χ1) is 7.16. The Hall–Kier alpha value is -0.890. The van der Waals surface area contributed by atoms with Gasteiger partial charge in [-0.1, -0.05) is 19.4 Å². The molecule has 0 spiro atoms. The number of nitrogens with zero attached hydrogens (tertiary/aromatic N) is 1. The Morgan fingerprint density at radius 3 is 2.80 bits per heavy atom. The van der Waals surface area contributed by atoms with Crippen LogP contribution in [-0.4, -0.2) is 4.98 Å². The molecule has 15 heavy (non-hydrogen) atoms. The van der Waals surface area contributed by atoms with E-state index in [0.717, 1.165) is 5.92 Å². The van der Waals surface area contributed by atoms with Gasteiger partial charge in [0.15, 0.2) is 0 Å². The number of rotatable bonds is 2. The number of aryl methyl sites for hydroxylation is 1. The summed E-state index contributed by atoms with van der Waals surface area (Å²) >= 11 is 0. The lowest BCUT2D eigenvalue weighted by molar-refractivity contribution is 0.428. The molecule has 1 aliphatic rings. The fourth-order valence-electron chi connectivity index (χ4n) is 2.61. The molecule has 82 valence electrons. The summed E-state index contributed by atoms with van der Waals surface area (Å²) in [5, 5.41) is 0. The van der Waals surface area contributed by atoms with Gasteiger partial charge in [0.25, 0.3) is 0 Å². The molecular formula is C13H20N2. The molecule has 3 atom stereocenters. The van der Waals surface area contributed by atoms with Gasteiger partial charge in [0.1, 0.15) is 0 Å². The lowest BCUT2D eigenvalue weighted by Crippen LogP contribution is -2.19. The van der Waals surface area contributed by atoms with Crippen LogP contribution in [-0.2, 0) is 0 Å². The number of nitrogens with two attached hydrogens (primary N) is 1. The summed E-state index contributed by atoms with van der Waals surface area (Å²) in [6, 6.07) is 2.35. The second-order valence-corrected chi connectivity index (χ2v) is 5.00. The minimum absolute atomic E-state index is 0.183. The van der Waals surface area contributed by atoms with Crippen LogP contribution in [0.25, 0.3) is 0 Å². The second-order valence-electron chi connectivity index (χ2n) is 5.00. The van der Waals surface area contributed by atoms with E-state index in [1.165, 1.54) is 30.4 Å². The Balaban J connectivity index is 2.10. The van der Waals surface area contributed by atoms with Gasteiger partial charge in [-0.2, -0.15) is 0 Å². The largest absolute Gasteiger partial charge is 0.324 e. The first kappa shape index (κ1) is 10.6. The molecule has 0 bridgehead atoms. The summed E-state index contributed by atoms with van der Waals surface area (Å²) in [6.07, 6.45) is 7.68. The molecule has 1 saturated carbocycles. The molecule has 2 rings (SSSR count). The summed E-state index contributed by atoms with van der Waals surface area (Å²) < 4.78 is 0. The van der Waals surface area contributed by atoms with Gasteiger partial charge in [0.05, 0.1) is 0 Å². The minimum Gasteiger partial charge on any atom is -0.324 e. The zero-order chi connectivity index (χ0) is 10.8. The Morgan fingerprint density at radius 2 is 2.20 bits per heavy atom. The van der Waals surface area contributed by atoms with Crippen molar-refractivity contribution in [3.8, 4) is 0 Å². The first-order valence-corrected chi connectivity index (χ1v) is 5.84. The van der Waals surface area contributed by atoms with Crippen molar-refractivity contribution in [1.82, 2.24) is 4.98 Å². The van der Waals surface area contributed by atoms with E-state index in [2.05, 4.69) is 24.9 Å². The van der Waals surface area contributed by atoms with E-state index in [1.54, 1.807) is 0 Å². The van der Waals surface area contributed by atoms with Crippen LogP contribution in [0, 0.1) is 18.8 Å². The van der Waals surface area contributed by atoms with Crippen molar-refractivity contribution < 1.29 is 0 Å². The monoisotopic (exact) mass is 204 g/mol. The van der Waals surface area contributed by atoms with Crippen LogP contribution >= 0.6 is 0 Å². The molecule has 1 aromatic rings. The van der Waals surface area contributed by atoms with Crippen LogP contribution in [0.15, 0.2) is 18.5 Å². The number of aromatic nitrogens is 1. The standard InChI is InChI=1S/C13H20N2/c1-9-3-4-11(5-9)13(14)12-6-10(2)7-15-8-12/h6-9,11,13H,3-5,14H2,1-2H3. The lowest BCUT2D eigenvalue weighted by atomic mass is 9.92. The van der Waals surface area contributed by atoms with Crippen molar-refractivity contribution in [3.05, 3.63) is 29.6 Å². The maximum atomic E-state index is 6.29. The van der Waals surface area contributed by atoms with Gasteiger partial charge >= 0.3 is 0 Å². The third-order valence-corrected chi connectivity index (χ3v) is 3.52. The van der Waals surface area contributed by atoms with Gasteiger partial charge in [0, 0.05) is 18.4 Å². The summed E-state index contributed by atoms with van der Waals surface area (Å²) in [4.78, 5) is 4.22. The summed E-state index contributed by atoms with van der Waals surface area (Å²) in [6.45, 7) is 4.39. The highest BCUT2D eigenvalue weighted by molar-refractivity contribution is 5.20. The fourth-order valence-corrected chi connectivity index (χ4v) is 2.61. The van der Waals surface area contributed by atoms with Crippen molar-refractivity contribution in [2.75, 3.05) is 0 Å². The van der Waals surface area contributed by atoms with Crippen LogP contribution in [0.5, 0.6) is 0 Å². The predicted octanol–water partition coefficient (Wildman–Crippen LogP) is 2.83. The molecule has 1 heterocycles. The van der Waals surface area contributed by atoms with E-state index in [0.29, 0.717) is 5.92 Å². The van der Waals surface area contributed by atoms with Gasteiger partial charge in [0.2, 0.25) is 0 Å². The molecule has 1 fully saturated rings. The molecule has 2 nitrogen and oxygen atoms in total. The lowest BCUT2D eigenvalue weighted by Gasteiger charge is -2.19. The van der Waals surface area contributed by atoms with Crippen LogP contribution in [0.2, 0.25) is 0 Å². The average molecular weight is 204 g/mol. The van der Waals surface area contributed by atoms with E-state index in [9.17, 15) is 0 Å². The van der Waals surface area contributed by atoms with E-state index >= 15 is 0 Å². The Morgan fingerprint density at radius 1 is 1.40 bits per heavy atom. The Bertz CT molecular complexity index is 335. The molecule has 0 aromatic carbocycles. The third-order valence-electron chi connectivity index (χ3n) is 3.52. The van der Waals surface area contributed by atoms with E-state index in [1.807, 2.05) is 12.4 Å². The van der Waals surface area contributed by atoms with Gasteiger partial charge in [-0.15, -0.1) is 0 Å². The van der Waals surface area contributed by atoms with E-state index in [4.69, 9.17) is 5.73 Å². The summed E-state index contributed by atoms with van der Waals surface area (Å²) in [5.41, 5.74) is 8.70. The molecule has 1 aromatic heterocycles. The van der Waals surface area contributed by atoms with E-state index in [-0.39, 0.29) is 6.04 Å². The summed E-state index contributed by atoms with van der Waals surface area (Å²) in [5.74, 6) is 1.50. The average Bonchev–Trinajstić information content (AvgIpc) is 2.64. The van der Waals surface area contributed by atoms with Crippen molar-refractivity contribution in [2.24, 2.45) is 17.6 Å². The Kier molecular flexibility index (Phi) is 3.06. The van der Waals surface area contributed by atoms with Crippen LogP contribution < -0.4 is 5.73 Å². The predicted molar refractivity (Wildman–Crippen MR) is 62.4 cm³/mol. The quantitative estimate of drug-likeness (QED) is 0.804. The first-order valence-electron chi connectivity index (χ1n) is 5.84. The highest BCUT2D eigenvalue weighted by Gasteiger charge is 2.27. The van der Waals surface area contributed by atoms with Crippen molar-refractivity contribution in [2.45, 2.75) is 39.2 Å². The SMILES string of the molecule is Cc1cncc(C(N)C2CCC(C)C2)c1. The third kappa shape index (κ3) is 2.37. The zero-order valence-corrected chi connectivity index (χ0v) is 9.61. The van der Waals surface area contributed by atoms with Gasteiger partial charge in [-0.25, -0.2) is 0 Å². The fraction of sp³-hybridized carbons (Fsp3) is 0.615. The molecule has 0 amide bonds. The highest BCUT2D eigenvalue weighted by atomic mass is 14.7. The van der Waals surface area contributed by atoms with E-state index < -0.39 is 0 Å². The van der Waals surface area contributed by atoms with Crippen molar-refractivity contribution >= 4 is 0 Å². The van der Waals surface area contributed by atoms with Crippen molar-refractivity contribution in [3.63, 3.8) is 0 Å². The maximum Gasteiger partial charge on any atom is 0.0339 e. The van der Waals surface area contributed by atoms with Gasteiger partial charge in [-0.3, -0.25) is 4.98 Å². The smallest absolute Gasteiger partial charge is 0.0339 e. The van der Waals surface area contributed by atoms with Crippen LogP contribution in [0.3, 0.4) is 0 Å². The minimum atomic E-state index is 0.183. The van der Waals surface area contributed by atoms with Crippen LogP contribution in [0.4, 0.5) is 0 Å². The molecule has 2 heteroatoms. The number of pyridine rings is 1. The Labute approximate surface area is 91.9 Å². The van der Waals surface area contributed by atoms with Gasteiger partial charge < -0.3 is 5.73 Å². The highest BCUT2D eigenvalue weighted by Crippen LogP contribution is 2.37. The zero-order valence-electron chi connectivity index (χ0n) is 9.61. The molecule has 3 unspecified atom stereocenters. The second kappa shape index (κ2) is 4.31. The number of hydrogen-bond acceptors (Lipinski definition) is 2. The molecule has 0 radical (unpaired) electrons. The van der Waals surface area contributed by atoms with Crippen molar-refractivity contribution in [1.29, 1.82) is 0 Å². The molecule has 0 saturated heterocycles. The number of hydrogen-bond donors (Lipinski definition) is 1. The van der Waals surface area contributed by atoms with Gasteiger partial charge in [-0.05, 0) is 42.7 Å². The topological polar surface area (TPSA) is 38.9 Å². The normalized spacial score (nSPS) is 27.9. The molecule has 1 aliphatic carbocycles.